The van der Waals surface area contributed by atoms with Crippen molar-refractivity contribution in [1.82, 2.24) is 0 Å². The molecule has 0 unspecified atom stereocenters. The first-order valence-corrected chi connectivity index (χ1v) is 6.26. The maximum absolute atomic E-state index is 11.4. The van der Waals surface area contributed by atoms with E-state index in [1.807, 2.05) is 55.5 Å². The van der Waals surface area contributed by atoms with Crippen LogP contribution in [0.25, 0.3) is 22.3 Å². The fraction of sp³-hybridized carbons (Fsp3) is 0.118. The molecule has 0 radical (unpaired) electrons. The second-order valence-electron chi connectivity index (χ2n) is 4.74. The number of fused-ring (bicyclic) bond motifs is 1. The molecule has 94 valence electrons. The largest absolute Gasteiger partial charge is 0.456 e. The topological polar surface area (TPSA) is 30.2 Å². The van der Waals surface area contributed by atoms with Crippen LogP contribution in [0, 0.1) is 6.92 Å². The van der Waals surface area contributed by atoms with E-state index in [1.54, 1.807) is 6.92 Å². The van der Waals surface area contributed by atoms with Crippen LogP contribution < -0.4 is 0 Å². The van der Waals surface area contributed by atoms with E-state index in [0.717, 1.165) is 27.9 Å². The Morgan fingerprint density at radius 1 is 1.05 bits per heavy atom. The summed E-state index contributed by atoms with van der Waals surface area (Å²) in [5, 5.41) is 1.09. The number of benzene rings is 2. The summed E-state index contributed by atoms with van der Waals surface area (Å²) in [5.74, 6) is 0.863. The van der Waals surface area contributed by atoms with Crippen molar-refractivity contribution in [1.29, 1.82) is 0 Å². The predicted octanol–water partition coefficient (Wildman–Crippen LogP) is 4.61. The molecule has 0 atom stereocenters. The SMILES string of the molecule is CC(=O)c1cccc(-c2cc3cccc(C)c3o2)c1. The molecule has 3 rings (SSSR count). The van der Waals surface area contributed by atoms with Gasteiger partial charge in [0.05, 0.1) is 0 Å². The average Bonchev–Trinajstić information content (AvgIpc) is 2.84. The molecular formula is C17H14O2. The summed E-state index contributed by atoms with van der Waals surface area (Å²) in [5.41, 5.74) is 3.66. The number of furan rings is 1. The summed E-state index contributed by atoms with van der Waals surface area (Å²) in [6.07, 6.45) is 0. The molecule has 0 aliphatic heterocycles. The molecule has 3 aromatic rings. The van der Waals surface area contributed by atoms with Gasteiger partial charge in [-0.05, 0) is 31.5 Å². The Balaban J connectivity index is 2.16. The van der Waals surface area contributed by atoms with Gasteiger partial charge in [0.2, 0.25) is 0 Å². The van der Waals surface area contributed by atoms with Crippen molar-refractivity contribution in [3.8, 4) is 11.3 Å². The van der Waals surface area contributed by atoms with Crippen molar-refractivity contribution in [3.63, 3.8) is 0 Å². The van der Waals surface area contributed by atoms with Crippen molar-refractivity contribution in [2.45, 2.75) is 13.8 Å². The molecule has 0 amide bonds. The maximum Gasteiger partial charge on any atom is 0.159 e. The van der Waals surface area contributed by atoms with E-state index in [2.05, 4.69) is 0 Å². The molecular weight excluding hydrogens is 236 g/mol. The molecule has 0 aliphatic rings. The van der Waals surface area contributed by atoms with Gasteiger partial charge in [0.25, 0.3) is 0 Å². The highest BCUT2D eigenvalue weighted by Crippen LogP contribution is 2.30. The van der Waals surface area contributed by atoms with E-state index < -0.39 is 0 Å². The highest BCUT2D eigenvalue weighted by atomic mass is 16.3. The van der Waals surface area contributed by atoms with Crippen LogP contribution in [0.1, 0.15) is 22.8 Å². The summed E-state index contributed by atoms with van der Waals surface area (Å²) in [7, 11) is 0. The molecule has 0 saturated carbocycles. The van der Waals surface area contributed by atoms with Gasteiger partial charge in [-0.3, -0.25) is 4.79 Å². The van der Waals surface area contributed by atoms with E-state index in [-0.39, 0.29) is 5.78 Å². The van der Waals surface area contributed by atoms with Gasteiger partial charge in [-0.1, -0.05) is 36.4 Å². The molecule has 0 spiro atoms. The third-order valence-corrected chi connectivity index (χ3v) is 3.29. The van der Waals surface area contributed by atoms with Crippen LogP contribution in [0.3, 0.4) is 0 Å². The van der Waals surface area contributed by atoms with Crippen LogP contribution in [0.4, 0.5) is 0 Å². The first kappa shape index (κ1) is 11.7. The van der Waals surface area contributed by atoms with Crippen LogP contribution in [0.2, 0.25) is 0 Å². The van der Waals surface area contributed by atoms with Crippen LogP contribution in [0.15, 0.2) is 52.9 Å². The molecule has 2 nitrogen and oxygen atoms in total. The lowest BCUT2D eigenvalue weighted by atomic mass is 10.1. The van der Waals surface area contributed by atoms with Gasteiger partial charge in [0, 0.05) is 16.5 Å². The van der Waals surface area contributed by atoms with E-state index in [0.29, 0.717) is 5.56 Å². The second kappa shape index (κ2) is 4.39. The number of carbonyl (C=O) groups is 1. The zero-order valence-corrected chi connectivity index (χ0v) is 10.9. The summed E-state index contributed by atoms with van der Waals surface area (Å²) in [4.78, 5) is 11.4. The number of ketones is 1. The molecule has 0 bridgehead atoms. The van der Waals surface area contributed by atoms with E-state index in [4.69, 9.17) is 4.42 Å². The highest BCUT2D eigenvalue weighted by Gasteiger charge is 2.09. The van der Waals surface area contributed by atoms with Gasteiger partial charge in [0.15, 0.2) is 5.78 Å². The molecule has 0 fully saturated rings. The average molecular weight is 250 g/mol. The smallest absolute Gasteiger partial charge is 0.159 e. The first-order chi connectivity index (χ1) is 9.15. The second-order valence-corrected chi connectivity index (χ2v) is 4.74. The van der Waals surface area contributed by atoms with Crippen molar-refractivity contribution in [2.24, 2.45) is 0 Å². The van der Waals surface area contributed by atoms with Gasteiger partial charge in [0.1, 0.15) is 11.3 Å². The minimum atomic E-state index is 0.0640. The predicted molar refractivity (Wildman–Crippen MR) is 76.4 cm³/mol. The van der Waals surface area contributed by atoms with Crippen LogP contribution in [-0.2, 0) is 0 Å². The Morgan fingerprint density at radius 2 is 1.84 bits per heavy atom. The quantitative estimate of drug-likeness (QED) is 0.622. The Morgan fingerprint density at radius 3 is 2.58 bits per heavy atom. The fourth-order valence-electron chi connectivity index (χ4n) is 2.24. The van der Waals surface area contributed by atoms with Crippen molar-refractivity contribution >= 4 is 16.8 Å². The van der Waals surface area contributed by atoms with Gasteiger partial charge in [-0.25, -0.2) is 0 Å². The number of Topliss-reactive ketones (excluding diaryl/α,β-unsaturated/α-hetero) is 1. The maximum atomic E-state index is 11.4. The standard InChI is InChI=1S/C17H14O2/c1-11-5-3-8-15-10-16(19-17(11)15)14-7-4-6-13(9-14)12(2)18/h3-10H,1-2H3. The number of para-hydroxylation sites is 1. The third kappa shape index (κ3) is 2.06. The Hall–Kier alpha value is -2.35. The molecule has 1 aromatic heterocycles. The summed E-state index contributed by atoms with van der Waals surface area (Å²) >= 11 is 0. The number of rotatable bonds is 2. The third-order valence-electron chi connectivity index (χ3n) is 3.29. The monoisotopic (exact) mass is 250 g/mol. The Labute approximate surface area is 111 Å². The molecule has 19 heavy (non-hydrogen) atoms. The van der Waals surface area contributed by atoms with E-state index in [1.165, 1.54) is 0 Å². The number of hydrogen-bond acceptors (Lipinski definition) is 2. The molecule has 0 N–H and O–H groups in total. The molecule has 0 aliphatic carbocycles. The molecule has 1 heterocycles. The molecule has 2 heteroatoms. The van der Waals surface area contributed by atoms with E-state index >= 15 is 0 Å². The molecule has 0 saturated heterocycles. The number of hydrogen-bond donors (Lipinski definition) is 0. The lowest BCUT2D eigenvalue weighted by Gasteiger charge is -1.99. The Bertz CT molecular complexity index is 766. The van der Waals surface area contributed by atoms with Crippen molar-refractivity contribution in [2.75, 3.05) is 0 Å². The van der Waals surface area contributed by atoms with Gasteiger partial charge < -0.3 is 4.42 Å². The van der Waals surface area contributed by atoms with Crippen LogP contribution >= 0.6 is 0 Å². The number of aryl methyl sites for hydroxylation is 1. The van der Waals surface area contributed by atoms with Crippen molar-refractivity contribution < 1.29 is 9.21 Å². The lowest BCUT2D eigenvalue weighted by Crippen LogP contribution is -1.91. The minimum Gasteiger partial charge on any atom is -0.456 e. The summed E-state index contributed by atoms with van der Waals surface area (Å²) in [6.45, 7) is 3.60. The highest BCUT2D eigenvalue weighted by molar-refractivity contribution is 5.95. The normalized spacial score (nSPS) is 10.8. The van der Waals surface area contributed by atoms with Gasteiger partial charge >= 0.3 is 0 Å². The summed E-state index contributed by atoms with van der Waals surface area (Å²) in [6, 6.07) is 15.6. The van der Waals surface area contributed by atoms with Crippen LogP contribution in [0.5, 0.6) is 0 Å². The van der Waals surface area contributed by atoms with E-state index in [9.17, 15) is 4.79 Å². The van der Waals surface area contributed by atoms with Crippen LogP contribution in [-0.4, -0.2) is 5.78 Å². The van der Waals surface area contributed by atoms with Gasteiger partial charge in [-0.15, -0.1) is 0 Å². The minimum absolute atomic E-state index is 0.0640. The fourth-order valence-corrected chi connectivity index (χ4v) is 2.24. The first-order valence-electron chi connectivity index (χ1n) is 6.26. The zero-order chi connectivity index (χ0) is 13.4. The van der Waals surface area contributed by atoms with Gasteiger partial charge in [-0.2, -0.15) is 0 Å². The van der Waals surface area contributed by atoms with Crippen molar-refractivity contribution in [3.05, 3.63) is 59.7 Å². The Kier molecular flexibility index (Phi) is 2.71. The summed E-state index contributed by atoms with van der Waals surface area (Å²) < 4.78 is 5.91. The lowest BCUT2D eigenvalue weighted by molar-refractivity contribution is 0.101. The number of carbonyl (C=O) groups excluding carboxylic acids is 1. The zero-order valence-electron chi connectivity index (χ0n) is 10.9. The molecule has 2 aromatic carbocycles.